The van der Waals surface area contributed by atoms with Gasteiger partial charge in [-0.25, -0.2) is 4.39 Å². The van der Waals surface area contributed by atoms with Crippen LogP contribution in [0.1, 0.15) is 18.9 Å². The molecule has 0 bridgehead atoms. The first-order valence-electron chi connectivity index (χ1n) is 6.25. The second-order valence-corrected chi connectivity index (χ2v) is 4.08. The number of nitrogens with one attached hydrogen (secondary N) is 1. The van der Waals surface area contributed by atoms with Gasteiger partial charge in [-0.3, -0.25) is 4.74 Å². The number of benzene rings is 1. The molecule has 3 nitrogen and oxygen atoms in total. The molecular formula is C13H17F4NO2. The molecule has 0 aromatic heterocycles. The molecule has 1 N–H and O–H groups in total. The van der Waals surface area contributed by atoms with Gasteiger partial charge in [0.25, 0.3) is 0 Å². The fraction of sp³-hybridized carbons (Fsp3) is 0.538. The van der Waals surface area contributed by atoms with Crippen LogP contribution in [0.3, 0.4) is 0 Å². The van der Waals surface area contributed by atoms with Crippen LogP contribution < -0.4 is 10.1 Å². The first kappa shape index (κ1) is 16.7. The van der Waals surface area contributed by atoms with Crippen LogP contribution >= 0.6 is 0 Å². The maximum absolute atomic E-state index is 13.6. The summed E-state index contributed by atoms with van der Waals surface area (Å²) in [5, 5.41) is 3.11. The monoisotopic (exact) mass is 295 g/mol. The molecule has 7 heteroatoms. The van der Waals surface area contributed by atoms with Gasteiger partial charge >= 0.3 is 6.36 Å². The molecule has 0 aliphatic rings. The minimum Gasteiger partial charge on any atom is -0.488 e. The van der Waals surface area contributed by atoms with Gasteiger partial charge in [0.1, 0.15) is 6.61 Å². The normalized spacial score (nSPS) is 11.7. The van der Waals surface area contributed by atoms with Gasteiger partial charge in [0.05, 0.1) is 6.61 Å². The van der Waals surface area contributed by atoms with E-state index in [1.807, 2.05) is 6.92 Å². The van der Waals surface area contributed by atoms with Crippen molar-refractivity contribution in [1.82, 2.24) is 5.32 Å². The third-order valence-corrected chi connectivity index (χ3v) is 2.36. The highest BCUT2D eigenvalue weighted by atomic mass is 19.4. The lowest BCUT2D eigenvalue weighted by Gasteiger charge is -2.10. The Kier molecular flexibility index (Phi) is 6.74. The molecule has 20 heavy (non-hydrogen) atoms. The van der Waals surface area contributed by atoms with Gasteiger partial charge in [0, 0.05) is 6.54 Å². The van der Waals surface area contributed by atoms with Crippen LogP contribution in [-0.2, 0) is 11.3 Å². The maximum atomic E-state index is 13.6. The number of halogens is 4. The first-order valence-corrected chi connectivity index (χ1v) is 6.25. The highest BCUT2D eigenvalue weighted by molar-refractivity contribution is 5.29. The van der Waals surface area contributed by atoms with E-state index in [0.29, 0.717) is 6.54 Å². The Bertz CT molecular complexity index is 410. The summed E-state index contributed by atoms with van der Waals surface area (Å²) in [6, 6.07) is 4.35. The van der Waals surface area contributed by atoms with Crippen LogP contribution in [0, 0.1) is 5.82 Å². The van der Waals surface area contributed by atoms with E-state index in [1.165, 1.54) is 12.1 Å². The Morgan fingerprint density at radius 2 is 1.95 bits per heavy atom. The lowest BCUT2D eigenvalue weighted by Crippen LogP contribution is -2.18. The van der Waals surface area contributed by atoms with Crippen LogP contribution in [0.2, 0.25) is 0 Å². The maximum Gasteiger partial charge on any atom is 0.522 e. The molecule has 1 aromatic carbocycles. The second-order valence-electron chi connectivity index (χ2n) is 4.08. The molecule has 0 spiro atoms. The number of hydrogen-bond donors (Lipinski definition) is 1. The van der Waals surface area contributed by atoms with Crippen molar-refractivity contribution in [3.05, 3.63) is 29.6 Å². The standard InChI is InChI=1S/C13H17F4NO2/c1-2-5-18-9-10-3-4-12(11(14)8-10)19-6-7-20-13(15,16)17/h3-4,8,18H,2,5-7,9H2,1H3. The SMILES string of the molecule is CCCNCc1ccc(OCCOC(F)(F)F)c(F)c1. The van der Waals surface area contributed by atoms with Crippen LogP contribution in [-0.4, -0.2) is 26.1 Å². The van der Waals surface area contributed by atoms with Crippen LogP contribution in [0.25, 0.3) is 0 Å². The molecular weight excluding hydrogens is 278 g/mol. The van der Waals surface area contributed by atoms with Crippen molar-refractivity contribution < 1.29 is 27.0 Å². The summed E-state index contributed by atoms with van der Waals surface area (Å²) in [7, 11) is 0. The van der Waals surface area contributed by atoms with E-state index in [0.717, 1.165) is 18.5 Å². The van der Waals surface area contributed by atoms with Crippen molar-refractivity contribution in [1.29, 1.82) is 0 Å². The van der Waals surface area contributed by atoms with Crippen LogP contribution in [0.4, 0.5) is 17.6 Å². The summed E-state index contributed by atoms with van der Waals surface area (Å²) in [4.78, 5) is 0. The summed E-state index contributed by atoms with van der Waals surface area (Å²) in [6.45, 7) is 2.33. The molecule has 0 unspecified atom stereocenters. The largest absolute Gasteiger partial charge is 0.522 e. The minimum atomic E-state index is -4.70. The van der Waals surface area contributed by atoms with Crippen molar-refractivity contribution >= 4 is 0 Å². The third kappa shape index (κ3) is 6.72. The van der Waals surface area contributed by atoms with Gasteiger partial charge in [-0.2, -0.15) is 0 Å². The molecule has 1 aromatic rings. The van der Waals surface area contributed by atoms with Gasteiger partial charge in [0.15, 0.2) is 11.6 Å². The fourth-order valence-electron chi connectivity index (χ4n) is 1.49. The zero-order valence-corrected chi connectivity index (χ0v) is 11.1. The van der Waals surface area contributed by atoms with Crippen LogP contribution in [0.15, 0.2) is 18.2 Å². The molecule has 1 rings (SSSR count). The lowest BCUT2D eigenvalue weighted by atomic mass is 10.2. The van der Waals surface area contributed by atoms with Crippen molar-refractivity contribution in [2.75, 3.05) is 19.8 Å². The van der Waals surface area contributed by atoms with Crippen molar-refractivity contribution in [3.63, 3.8) is 0 Å². The van der Waals surface area contributed by atoms with Crippen molar-refractivity contribution in [2.45, 2.75) is 26.3 Å². The van der Waals surface area contributed by atoms with E-state index in [2.05, 4.69) is 10.1 Å². The molecule has 114 valence electrons. The highest BCUT2D eigenvalue weighted by Gasteiger charge is 2.28. The lowest BCUT2D eigenvalue weighted by molar-refractivity contribution is -0.325. The molecule has 0 aliphatic heterocycles. The summed E-state index contributed by atoms with van der Waals surface area (Å²) >= 11 is 0. The van der Waals surface area contributed by atoms with Gasteiger partial charge < -0.3 is 10.1 Å². The van der Waals surface area contributed by atoms with E-state index in [1.54, 1.807) is 6.07 Å². The Morgan fingerprint density at radius 1 is 1.20 bits per heavy atom. The number of alkyl halides is 3. The zero-order valence-electron chi connectivity index (χ0n) is 11.1. The quantitative estimate of drug-likeness (QED) is 0.590. The predicted molar refractivity (Wildman–Crippen MR) is 65.9 cm³/mol. The third-order valence-electron chi connectivity index (χ3n) is 2.36. The molecule has 0 aliphatic carbocycles. The Hall–Kier alpha value is -1.34. The Morgan fingerprint density at radius 3 is 2.55 bits per heavy atom. The Labute approximate surface area is 114 Å². The molecule has 0 fully saturated rings. The summed E-state index contributed by atoms with van der Waals surface area (Å²) < 4.78 is 57.1. The molecule has 0 saturated carbocycles. The number of ether oxygens (including phenoxy) is 2. The van der Waals surface area contributed by atoms with E-state index < -0.39 is 18.8 Å². The minimum absolute atomic E-state index is 0.0879. The summed E-state index contributed by atoms with van der Waals surface area (Å²) in [6.07, 6.45) is -3.72. The molecule has 0 saturated heterocycles. The average Bonchev–Trinajstić information content (AvgIpc) is 2.36. The molecule has 0 radical (unpaired) electrons. The van der Waals surface area contributed by atoms with E-state index >= 15 is 0 Å². The molecule has 0 amide bonds. The summed E-state index contributed by atoms with van der Waals surface area (Å²) in [5.74, 6) is -0.692. The van der Waals surface area contributed by atoms with Gasteiger partial charge in [-0.15, -0.1) is 13.2 Å². The van der Waals surface area contributed by atoms with Gasteiger partial charge in [-0.05, 0) is 30.7 Å². The van der Waals surface area contributed by atoms with E-state index in [4.69, 9.17) is 4.74 Å². The van der Waals surface area contributed by atoms with Crippen molar-refractivity contribution in [2.24, 2.45) is 0 Å². The first-order chi connectivity index (χ1) is 9.42. The highest BCUT2D eigenvalue weighted by Crippen LogP contribution is 2.19. The van der Waals surface area contributed by atoms with E-state index in [-0.39, 0.29) is 12.4 Å². The van der Waals surface area contributed by atoms with Gasteiger partial charge in [-0.1, -0.05) is 13.0 Å². The smallest absolute Gasteiger partial charge is 0.488 e. The fourth-order valence-corrected chi connectivity index (χ4v) is 1.49. The zero-order chi connectivity index (χ0) is 15.0. The predicted octanol–water partition coefficient (Wildman–Crippen LogP) is 3.24. The van der Waals surface area contributed by atoms with Gasteiger partial charge in [0.2, 0.25) is 0 Å². The topological polar surface area (TPSA) is 30.5 Å². The van der Waals surface area contributed by atoms with Crippen molar-refractivity contribution in [3.8, 4) is 5.75 Å². The second kappa shape index (κ2) is 8.06. The summed E-state index contributed by atoms with van der Waals surface area (Å²) in [5.41, 5.74) is 0.745. The van der Waals surface area contributed by atoms with E-state index in [9.17, 15) is 17.6 Å². The molecule has 0 heterocycles. The number of hydrogen-bond acceptors (Lipinski definition) is 3. The van der Waals surface area contributed by atoms with Crippen LogP contribution in [0.5, 0.6) is 5.75 Å². The average molecular weight is 295 g/mol. The molecule has 0 atom stereocenters. The number of rotatable bonds is 8. The Balaban J connectivity index is 2.39.